The van der Waals surface area contributed by atoms with Crippen molar-refractivity contribution in [2.75, 3.05) is 13.1 Å². The van der Waals surface area contributed by atoms with Crippen molar-refractivity contribution < 1.29 is 9.59 Å². The molecule has 1 aromatic rings. The van der Waals surface area contributed by atoms with E-state index in [-0.39, 0.29) is 23.3 Å². The van der Waals surface area contributed by atoms with E-state index in [1.807, 2.05) is 29.2 Å². The lowest BCUT2D eigenvalue weighted by atomic mass is 9.91. The maximum Gasteiger partial charge on any atom is 0.252 e. The van der Waals surface area contributed by atoms with Crippen LogP contribution in [0.15, 0.2) is 24.3 Å². The Labute approximate surface area is 152 Å². The van der Waals surface area contributed by atoms with Crippen LogP contribution in [-0.4, -0.2) is 35.8 Å². The highest BCUT2D eigenvalue weighted by atomic mass is 127. The number of nitrogens with zero attached hydrogens (tertiary/aromatic N) is 1. The highest BCUT2D eigenvalue weighted by Gasteiger charge is 2.26. The lowest BCUT2D eigenvalue weighted by molar-refractivity contribution is -0.134. The van der Waals surface area contributed by atoms with Gasteiger partial charge in [-0.1, -0.05) is 32.9 Å². The maximum atomic E-state index is 12.3. The summed E-state index contributed by atoms with van der Waals surface area (Å²) >= 11 is 2.18. The van der Waals surface area contributed by atoms with E-state index in [2.05, 4.69) is 48.7 Å². The van der Waals surface area contributed by atoms with Crippen LogP contribution in [0.25, 0.3) is 0 Å². The fraction of sp³-hybridized carbons (Fsp3) is 0.556. The van der Waals surface area contributed by atoms with Crippen LogP contribution in [0, 0.1) is 8.99 Å². The van der Waals surface area contributed by atoms with E-state index in [4.69, 9.17) is 0 Å². The van der Waals surface area contributed by atoms with Crippen LogP contribution in [0.5, 0.6) is 0 Å². The monoisotopic (exact) mass is 428 g/mol. The minimum absolute atomic E-state index is 0.0190. The second kappa shape index (κ2) is 7.64. The van der Waals surface area contributed by atoms with Crippen molar-refractivity contribution in [3.8, 4) is 0 Å². The van der Waals surface area contributed by atoms with E-state index in [0.717, 1.165) is 35.1 Å². The van der Waals surface area contributed by atoms with Gasteiger partial charge >= 0.3 is 0 Å². The zero-order chi connectivity index (χ0) is 17.0. The van der Waals surface area contributed by atoms with E-state index in [1.54, 1.807) is 0 Å². The molecule has 0 atom stereocenters. The number of amides is 2. The molecule has 5 heteroatoms. The number of carbonyl (C=O) groups excluding carboxylic acids is 2. The third-order valence-corrected chi connectivity index (χ3v) is 4.92. The van der Waals surface area contributed by atoms with Gasteiger partial charge in [0.2, 0.25) is 5.91 Å². The Hall–Kier alpha value is -1.11. The first kappa shape index (κ1) is 18.2. The summed E-state index contributed by atoms with van der Waals surface area (Å²) < 4.78 is 0.959. The largest absolute Gasteiger partial charge is 0.349 e. The average molecular weight is 428 g/mol. The molecule has 1 aromatic carbocycles. The number of benzene rings is 1. The smallest absolute Gasteiger partial charge is 0.252 e. The fourth-order valence-corrected chi connectivity index (χ4v) is 3.38. The molecular weight excluding hydrogens is 403 g/mol. The fourth-order valence-electron chi connectivity index (χ4n) is 2.75. The number of carbonyl (C=O) groups is 2. The highest BCUT2D eigenvalue weighted by Crippen LogP contribution is 2.22. The summed E-state index contributed by atoms with van der Waals surface area (Å²) in [5, 5.41) is 3.10. The summed E-state index contributed by atoms with van der Waals surface area (Å²) in [5.41, 5.74) is 0.742. The lowest BCUT2D eigenvalue weighted by Crippen LogP contribution is -2.47. The zero-order valence-corrected chi connectivity index (χ0v) is 16.2. The van der Waals surface area contributed by atoms with Gasteiger partial charge in [0.1, 0.15) is 0 Å². The van der Waals surface area contributed by atoms with E-state index in [0.29, 0.717) is 6.42 Å². The van der Waals surface area contributed by atoms with E-state index in [9.17, 15) is 9.59 Å². The second-order valence-corrected chi connectivity index (χ2v) is 8.51. The quantitative estimate of drug-likeness (QED) is 0.750. The Morgan fingerprint density at radius 2 is 1.83 bits per heavy atom. The van der Waals surface area contributed by atoms with Gasteiger partial charge in [-0.2, -0.15) is 0 Å². The van der Waals surface area contributed by atoms with Gasteiger partial charge in [-0.05, 0) is 53.0 Å². The van der Waals surface area contributed by atoms with Crippen molar-refractivity contribution in [2.45, 2.75) is 46.1 Å². The number of hydrogen-bond acceptors (Lipinski definition) is 2. The molecule has 0 unspecified atom stereocenters. The Morgan fingerprint density at radius 3 is 2.39 bits per heavy atom. The summed E-state index contributed by atoms with van der Waals surface area (Å²) in [5.74, 6) is 0.203. The molecule has 2 amide bonds. The standard InChI is InChI=1S/C18H25IN2O2/c1-18(2,3)12-16(22)21-10-8-13(9-11-21)20-17(23)14-6-4-5-7-15(14)19/h4-7,13H,8-12H2,1-3H3,(H,20,23). The minimum atomic E-state index is -0.0190. The topological polar surface area (TPSA) is 49.4 Å². The van der Waals surface area contributed by atoms with Crippen LogP contribution in [0.4, 0.5) is 0 Å². The summed E-state index contributed by atoms with van der Waals surface area (Å²) in [6, 6.07) is 7.74. The molecule has 2 rings (SSSR count). The first-order valence-electron chi connectivity index (χ1n) is 8.09. The molecule has 1 N–H and O–H groups in total. The summed E-state index contributed by atoms with van der Waals surface area (Å²) in [4.78, 5) is 26.5. The molecule has 0 aliphatic carbocycles. The van der Waals surface area contributed by atoms with Gasteiger partial charge in [0, 0.05) is 29.1 Å². The molecular formula is C18H25IN2O2. The highest BCUT2D eigenvalue weighted by molar-refractivity contribution is 14.1. The first-order valence-corrected chi connectivity index (χ1v) is 9.17. The van der Waals surface area contributed by atoms with Gasteiger partial charge in [0.25, 0.3) is 5.91 Å². The van der Waals surface area contributed by atoms with E-state index < -0.39 is 0 Å². The Morgan fingerprint density at radius 1 is 1.22 bits per heavy atom. The van der Waals surface area contributed by atoms with Gasteiger partial charge < -0.3 is 10.2 Å². The van der Waals surface area contributed by atoms with Gasteiger partial charge in [-0.15, -0.1) is 0 Å². The summed E-state index contributed by atoms with van der Waals surface area (Å²) in [6.45, 7) is 7.70. The van der Waals surface area contributed by atoms with E-state index >= 15 is 0 Å². The van der Waals surface area contributed by atoms with Crippen molar-refractivity contribution in [1.82, 2.24) is 10.2 Å². The van der Waals surface area contributed by atoms with Crippen LogP contribution in [0.2, 0.25) is 0 Å². The Kier molecular flexibility index (Phi) is 6.06. The number of hydrogen-bond donors (Lipinski definition) is 1. The van der Waals surface area contributed by atoms with Crippen molar-refractivity contribution in [2.24, 2.45) is 5.41 Å². The molecule has 1 aliphatic rings. The van der Waals surface area contributed by atoms with Gasteiger partial charge in [0.15, 0.2) is 0 Å². The normalized spacial score (nSPS) is 16.3. The number of likely N-dealkylation sites (tertiary alicyclic amines) is 1. The first-order chi connectivity index (χ1) is 10.8. The Balaban J connectivity index is 1.84. The van der Waals surface area contributed by atoms with Gasteiger partial charge in [0.05, 0.1) is 5.56 Å². The molecule has 1 heterocycles. The molecule has 1 aliphatic heterocycles. The average Bonchev–Trinajstić information content (AvgIpc) is 2.46. The molecule has 126 valence electrons. The number of piperidine rings is 1. The van der Waals surface area contributed by atoms with Crippen molar-refractivity contribution in [1.29, 1.82) is 0 Å². The van der Waals surface area contributed by atoms with Crippen molar-refractivity contribution in [3.05, 3.63) is 33.4 Å². The summed E-state index contributed by atoms with van der Waals surface area (Å²) in [6.07, 6.45) is 2.22. The third-order valence-electron chi connectivity index (χ3n) is 3.98. The summed E-state index contributed by atoms with van der Waals surface area (Å²) in [7, 11) is 0. The minimum Gasteiger partial charge on any atom is -0.349 e. The van der Waals surface area contributed by atoms with Crippen molar-refractivity contribution in [3.63, 3.8) is 0 Å². The van der Waals surface area contributed by atoms with Crippen LogP contribution in [0.3, 0.4) is 0 Å². The molecule has 1 saturated heterocycles. The van der Waals surface area contributed by atoms with Gasteiger partial charge in [-0.3, -0.25) is 9.59 Å². The van der Waals surface area contributed by atoms with Crippen LogP contribution < -0.4 is 5.32 Å². The number of nitrogens with one attached hydrogen (secondary N) is 1. The van der Waals surface area contributed by atoms with E-state index in [1.165, 1.54) is 0 Å². The molecule has 0 radical (unpaired) electrons. The molecule has 23 heavy (non-hydrogen) atoms. The SMILES string of the molecule is CC(C)(C)CC(=O)N1CCC(NC(=O)c2ccccc2I)CC1. The third kappa shape index (κ3) is 5.48. The molecule has 0 spiro atoms. The lowest BCUT2D eigenvalue weighted by Gasteiger charge is -2.34. The number of halogens is 1. The molecule has 4 nitrogen and oxygen atoms in total. The molecule has 0 bridgehead atoms. The zero-order valence-electron chi connectivity index (χ0n) is 14.1. The van der Waals surface area contributed by atoms with Crippen LogP contribution >= 0.6 is 22.6 Å². The van der Waals surface area contributed by atoms with Gasteiger partial charge in [-0.25, -0.2) is 0 Å². The van der Waals surface area contributed by atoms with Crippen molar-refractivity contribution >= 4 is 34.4 Å². The molecule has 0 aromatic heterocycles. The molecule has 0 saturated carbocycles. The Bertz CT molecular complexity index is 573. The second-order valence-electron chi connectivity index (χ2n) is 7.35. The van der Waals surface area contributed by atoms with Crippen LogP contribution in [0.1, 0.15) is 50.4 Å². The predicted molar refractivity (Wildman–Crippen MR) is 100 cm³/mol. The van der Waals surface area contributed by atoms with Crippen LogP contribution in [-0.2, 0) is 4.79 Å². The number of rotatable bonds is 3. The molecule has 1 fully saturated rings. The predicted octanol–water partition coefficient (Wildman–Crippen LogP) is 3.45. The maximum absolute atomic E-state index is 12.3.